The summed E-state index contributed by atoms with van der Waals surface area (Å²) in [5.74, 6) is 2.69. The Bertz CT molecular complexity index is 2910. The van der Waals surface area contributed by atoms with Crippen LogP contribution in [-0.4, -0.2) is 84.9 Å². The molecule has 5 aromatic carbocycles. The van der Waals surface area contributed by atoms with Crippen LogP contribution in [0, 0.1) is 0 Å². The Labute approximate surface area is 569 Å². The molecule has 0 heterocycles. The fourth-order valence-electron chi connectivity index (χ4n) is 8.84. The average molecular weight is 1300 g/mol. The lowest BCUT2D eigenvalue weighted by atomic mass is 10.00. The van der Waals surface area contributed by atoms with Gasteiger partial charge in [-0.3, -0.25) is 28.8 Å². The predicted octanol–water partition coefficient (Wildman–Crippen LogP) is 18.9. The van der Waals surface area contributed by atoms with E-state index < -0.39 is 12.1 Å². The molecular formula is C82H110O13. The first kappa shape index (κ1) is 84.5. The lowest BCUT2D eigenvalue weighted by Crippen LogP contribution is -2.16. The van der Waals surface area contributed by atoms with E-state index in [1.807, 2.05) is 66.7 Å². The van der Waals surface area contributed by atoms with Crippen LogP contribution < -0.4 is 18.9 Å². The predicted molar refractivity (Wildman–Crippen MR) is 386 cm³/mol. The molecule has 0 saturated heterocycles. The average Bonchev–Trinajstić information content (AvgIpc) is 1.15. The van der Waals surface area contributed by atoms with Gasteiger partial charge in [0.1, 0.15) is 23.0 Å². The number of ether oxygens (including phenoxy) is 5. The third kappa shape index (κ3) is 43.9. The standard InChI is InChI=1S/2C20H30O2.C17H20O5.C14H18O2.C11H12O2/c2*1-3-5-6-7-8-9-10-11-18-12-14-20(15-13-18)22-17-16-19(21)4-2;1-11(2)15(19)8-9-22-17(21)14-7-5-4-6-13(14)16(20)10-12(3)18;1-4-13(15)9-10-16-14-7-5-12(6-8-14)11(2)3;1-2-10(12)8-9-13-11-6-4-3-5-7-11/h2*4,12-15H,2-3,5-11,16-17H2,1H3;4-7,12,18H,1,8-10H2,2-3H3;4-8,11H,1,9-10H2,2-3H3;2-7H,1,8-9H2. The van der Waals surface area contributed by atoms with E-state index in [-0.39, 0.29) is 65.3 Å². The molecule has 0 radical (unpaired) electrons. The minimum atomic E-state index is -0.787. The highest BCUT2D eigenvalue weighted by Crippen LogP contribution is 2.21. The summed E-state index contributed by atoms with van der Waals surface area (Å²) in [5, 5.41) is 9.29. The van der Waals surface area contributed by atoms with Crippen LogP contribution in [0.15, 0.2) is 190 Å². The van der Waals surface area contributed by atoms with Gasteiger partial charge < -0.3 is 28.8 Å². The van der Waals surface area contributed by atoms with Gasteiger partial charge in [0.25, 0.3) is 0 Å². The van der Waals surface area contributed by atoms with Crippen LogP contribution in [-0.2, 0) is 41.6 Å². The van der Waals surface area contributed by atoms with Crippen molar-refractivity contribution in [2.75, 3.05) is 33.0 Å². The molecule has 0 aliphatic heterocycles. The first-order valence-corrected chi connectivity index (χ1v) is 33.9. The number of rotatable bonds is 45. The topological polar surface area (TPSA) is 186 Å². The van der Waals surface area contributed by atoms with Crippen LogP contribution in [0.25, 0.3) is 0 Å². The van der Waals surface area contributed by atoms with Gasteiger partial charge in [-0.25, -0.2) is 4.79 Å². The number of hydrogen-bond donors (Lipinski definition) is 1. The van der Waals surface area contributed by atoms with Crippen LogP contribution in [0.2, 0.25) is 0 Å². The Hall–Kier alpha value is -8.55. The van der Waals surface area contributed by atoms with Crippen molar-refractivity contribution >= 4 is 40.7 Å². The molecule has 5 rings (SSSR count). The fourth-order valence-corrected chi connectivity index (χ4v) is 8.84. The number of ketones is 6. The smallest absolute Gasteiger partial charge is 0.338 e. The summed E-state index contributed by atoms with van der Waals surface area (Å²) in [4.78, 5) is 79.4. The van der Waals surface area contributed by atoms with Gasteiger partial charge in [-0.05, 0) is 147 Å². The number of esters is 1. The summed E-state index contributed by atoms with van der Waals surface area (Å²) >= 11 is 0. The molecule has 0 amide bonds. The summed E-state index contributed by atoms with van der Waals surface area (Å²) in [6, 6.07) is 40.1. The first-order chi connectivity index (χ1) is 45.8. The molecule has 5 aromatic rings. The van der Waals surface area contributed by atoms with Crippen LogP contribution >= 0.6 is 0 Å². The van der Waals surface area contributed by atoms with Crippen molar-refractivity contribution in [1.29, 1.82) is 0 Å². The summed E-state index contributed by atoms with van der Waals surface area (Å²) < 4.78 is 26.9. The number of hydrogen-bond acceptors (Lipinski definition) is 13. The molecule has 0 bridgehead atoms. The van der Waals surface area contributed by atoms with E-state index in [0.717, 1.165) is 35.8 Å². The first-order valence-electron chi connectivity index (χ1n) is 33.9. The number of carbonyl (C=O) groups excluding carboxylic acids is 7. The molecule has 0 aliphatic carbocycles. The molecule has 0 aromatic heterocycles. The van der Waals surface area contributed by atoms with Gasteiger partial charge in [0.05, 0.1) is 44.7 Å². The third-order valence-corrected chi connectivity index (χ3v) is 14.6. The Balaban J connectivity index is 0.000000601. The van der Waals surface area contributed by atoms with Crippen molar-refractivity contribution in [1.82, 2.24) is 0 Å². The van der Waals surface area contributed by atoms with E-state index in [0.29, 0.717) is 63.6 Å². The van der Waals surface area contributed by atoms with Gasteiger partial charge in [-0.2, -0.15) is 0 Å². The quantitative estimate of drug-likeness (QED) is 0.0168. The Morgan fingerprint density at radius 3 is 1.11 bits per heavy atom. The number of benzene rings is 5. The number of carbonyl (C=O) groups is 7. The van der Waals surface area contributed by atoms with Crippen LogP contribution in [0.3, 0.4) is 0 Å². The third-order valence-electron chi connectivity index (χ3n) is 14.6. The molecule has 0 saturated carbocycles. The lowest BCUT2D eigenvalue weighted by Gasteiger charge is -2.09. The molecule has 1 atom stereocenters. The maximum atomic E-state index is 12.0. The van der Waals surface area contributed by atoms with E-state index in [1.165, 1.54) is 150 Å². The number of para-hydroxylation sites is 1. The fraction of sp³-hybridized carbons (Fsp3) is 0.427. The van der Waals surface area contributed by atoms with E-state index >= 15 is 0 Å². The second-order valence-corrected chi connectivity index (χ2v) is 23.3. The van der Waals surface area contributed by atoms with E-state index in [2.05, 4.69) is 97.0 Å². The van der Waals surface area contributed by atoms with Gasteiger partial charge in [-0.15, -0.1) is 0 Å². The molecular weight excluding hydrogens is 1190 g/mol. The zero-order chi connectivity index (χ0) is 70.3. The Kier molecular flexibility index (Phi) is 48.7. The number of Topliss-reactive ketones (excluding diaryl/α,β-unsaturated/α-hetero) is 2. The SMILES string of the molecule is C=C(C)C(=O)CCOC(=O)c1ccccc1C(=O)CC(C)O.C=CC(=O)CCOc1ccc(C(C)C)cc1.C=CC(=O)CCOc1ccc(CCCCCCCCC)cc1.C=CC(=O)CCOc1ccc(CCCCCCCCC)cc1.C=CC(=O)CCOc1ccccc1. The summed E-state index contributed by atoms with van der Waals surface area (Å²) in [7, 11) is 0. The number of aliphatic hydroxyl groups excluding tert-OH is 1. The van der Waals surface area contributed by atoms with E-state index in [4.69, 9.17) is 23.7 Å². The maximum Gasteiger partial charge on any atom is 0.338 e. The molecule has 0 spiro atoms. The zero-order valence-electron chi connectivity index (χ0n) is 58.1. The van der Waals surface area contributed by atoms with Crippen molar-refractivity contribution in [2.45, 2.75) is 195 Å². The van der Waals surface area contributed by atoms with Crippen molar-refractivity contribution < 1.29 is 62.4 Å². The minimum absolute atomic E-state index is 0.0101. The second-order valence-electron chi connectivity index (χ2n) is 23.3. The summed E-state index contributed by atoms with van der Waals surface area (Å²) in [6.45, 7) is 30.7. The zero-order valence-corrected chi connectivity index (χ0v) is 58.1. The highest BCUT2D eigenvalue weighted by atomic mass is 16.5. The van der Waals surface area contributed by atoms with Crippen molar-refractivity contribution in [3.05, 3.63) is 218 Å². The number of allylic oxidation sites excluding steroid dienone is 5. The van der Waals surface area contributed by atoms with E-state index in [9.17, 15) is 38.7 Å². The monoisotopic (exact) mass is 1300 g/mol. The number of aryl methyl sites for hydroxylation is 2. The largest absolute Gasteiger partial charge is 0.493 e. The molecule has 1 N–H and O–H groups in total. The minimum Gasteiger partial charge on any atom is -0.493 e. The molecule has 0 aliphatic rings. The molecule has 95 heavy (non-hydrogen) atoms. The normalized spacial score (nSPS) is 10.5. The molecule has 0 fully saturated rings. The van der Waals surface area contributed by atoms with Crippen molar-refractivity contribution in [3.63, 3.8) is 0 Å². The molecule has 13 heteroatoms. The van der Waals surface area contributed by atoms with Gasteiger partial charge >= 0.3 is 5.97 Å². The maximum absolute atomic E-state index is 12.0. The van der Waals surface area contributed by atoms with Gasteiger partial charge in [0.15, 0.2) is 34.7 Å². The Morgan fingerprint density at radius 1 is 0.421 bits per heavy atom. The molecule has 516 valence electrons. The highest BCUT2D eigenvalue weighted by molar-refractivity contribution is 6.06. The van der Waals surface area contributed by atoms with Gasteiger partial charge in [-0.1, -0.05) is 210 Å². The van der Waals surface area contributed by atoms with E-state index in [1.54, 1.807) is 19.1 Å². The Morgan fingerprint density at radius 2 is 0.758 bits per heavy atom. The van der Waals surface area contributed by atoms with Crippen LogP contribution in [0.4, 0.5) is 0 Å². The summed E-state index contributed by atoms with van der Waals surface area (Å²) in [6.07, 6.45) is 27.2. The summed E-state index contributed by atoms with van der Waals surface area (Å²) in [5.41, 5.74) is 4.76. The van der Waals surface area contributed by atoms with Gasteiger partial charge in [0.2, 0.25) is 0 Å². The van der Waals surface area contributed by atoms with Crippen molar-refractivity contribution in [2.24, 2.45) is 0 Å². The van der Waals surface area contributed by atoms with Crippen LogP contribution in [0.1, 0.15) is 213 Å². The highest BCUT2D eigenvalue weighted by Gasteiger charge is 2.19. The lowest BCUT2D eigenvalue weighted by molar-refractivity contribution is -0.116. The number of unbranched alkanes of at least 4 members (excludes halogenated alkanes) is 12. The van der Waals surface area contributed by atoms with Crippen molar-refractivity contribution in [3.8, 4) is 23.0 Å². The molecule has 1 unspecified atom stereocenters. The van der Waals surface area contributed by atoms with Gasteiger partial charge in [0, 0.05) is 44.1 Å². The van der Waals surface area contributed by atoms with Crippen LogP contribution in [0.5, 0.6) is 23.0 Å². The molecule has 13 nitrogen and oxygen atoms in total. The second kappa shape index (κ2) is 54.8. The number of aliphatic hydroxyl groups is 1.